The Morgan fingerprint density at radius 3 is 3.20 bits per heavy atom. The maximum atomic E-state index is 10.7. The maximum absolute atomic E-state index is 10.7. The van der Waals surface area contributed by atoms with Crippen LogP contribution in [0.5, 0.6) is 0 Å². The summed E-state index contributed by atoms with van der Waals surface area (Å²) >= 11 is 0. The summed E-state index contributed by atoms with van der Waals surface area (Å²) < 4.78 is 4.87. The van der Waals surface area contributed by atoms with Gasteiger partial charge < -0.3 is 4.52 Å². The number of fused-ring (bicyclic) bond motifs is 1. The highest BCUT2D eigenvalue weighted by Gasteiger charge is 2.03. The van der Waals surface area contributed by atoms with Crippen LogP contribution in [0.2, 0.25) is 0 Å². The second-order valence-corrected chi connectivity index (χ2v) is 2.06. The average Bonchev–Trinajstić information content (AvgIpc) is 2.33. The van der Waals surface area contributed by atoms with E-state index in [-0.39, 0.29) is 5.43 Å². The Morgan fingerprint density at radius 2 is 2.30 bits per heavy atom. The van der Waals surface area contributed by atoms with Crippen molar-refractivity contribution < 1.29 is 4.52 Å². The Labute approximate surface area is 56.6 Å². The lowest BCUT2D eigenvalue weighted by Crippen LogP contribution is -1.94. The summed E-state index contributed by atoms with van der Waals surface area (Å²) in [5, 5.41) is 2.55. The molecule has 2 rings (SSSR count). The van der Waals surface area contributed by atoms with Crippen LogP contribution in [0.25, 0.3) is 11.3 Å². The summed E-state index contributed by atoms with van der Waals surface area (Å²) in [4.78, 5) is 10.7. The van der Waals surface area contributed by atoms with Crippen LogP contribution in [0.1, 0.15) is 0 Å². The molecule has 3 heteroatoms. The molecule has 0 radical (unpaired) electrons. The molecule has 0 aromatic rings. The molecule has 0 unspecified atom stereocenters. The van der Waals surface area contributed by atoms with E-state index in [1.807, 2.05) is 0 Å². The van der Waals surface area contributed by atoms with E-state index in [1.54, 1.807) is 12.3 Å². The minimum Gasteiger partial charge on any atom is -0.382 e. The molecule has 0 aromatic heterocycles. The number of nitrogens with one attached hydrogen (secondary N) is 1. The highest BCUT2D eigenvalue weighted by atomic mass is 16.5. The Balaban J connectivity index is 2.87. The van der Waals surface area contributed by atoms with Crippen molar-refractivity contribution in [1.29, 1.82) is 0 Å². The summed E-state index contributed by atoms with van der Waals surface area (Å²) in [5.41, 5.74) is 0.885. The van der Waals surface area contributed by atoms with Gasteiger partial charge in [0.2, 0.25) is 0 Å². The summed E-state index contributed by atoms with van der Waals surface area (Å²) in [7, 11) is 0. The third-order valence-corrected chi connectivity index (χ3v) is 1.37. The van der Waals surface area contributed by atoms with E-state index >= 15 is 0 Å². The van der Waals surface area contributed by atoms with Crippen LogP contribution < -0.4 is 5.43 Å². The lowest BCUT2D eigenvalue weighted by atomic mass is 10.2. The van der Waals surface area contributed by atoms with Gasteiger partial charge in [0, 0.05) is 17.8 Å². The van der Waals surface area contributed by atoms with Gasteiger partial charge >= 0.3 is 0 Å². The molecule has 1 aliphatic carbocycles. The van der Waals surface area contributed by atoms with Crippen LogP contribution in [0.4, 0.5) is 0 Å². The molecule has 2 aliphatic rings. The van der Waals surface area contributed by atoms with Crippen molar-refractivity contribution in [3.8, 4) is 11.3 Å². The van der Waals surface area contributed by atoms with Gasteiger partial charge in [0.1, 0.15) is 0 Å². The van der Waals surface area contributed by atoms with Gasteiger partial charge in [-0.2, -0.15) is 0 Å². The summed E-state index contributed by atoms with van der Waals surface area (Å²) in [6.07, 6.45) is 1.70. The van der Waals surface area contributed by atoms with Crippen molar-refractivity contribution >= 4 is 0 Å². The Morgan fingerprint density at radius 1 is 1.40 bits per heavy atom. The smallest absolute Gasteiger partial charge is 0.182 e. The van der Waals surface area contributed by atoms with Crippen molar-refractivity contribution in [2.45, 2.75) is 0 Å². The van der Waals surface area contributed by atoms with Crippen LogP contribution in [0, 0.1) is 0 Å². The lowest BCUT2D eigenvalue weighted by Gasteiger charge is -1.87. The number of hydrogen-bond acceptors (Lipinski definition) is 2. The van der Waals surface area contributed by atoms with E-state index in [9.17, 15) is 4.79 Å². The molecule has 0 amide bonds. The average molecular weight is 135 g/mol. The second kappa shape index (κ2) is 1.73. The van der Waals surface area contributed by atoms with Gasteiger partial charge in [-0.3, -0.25) is 4.79 Å². The first kappa shape index (κ1) is 5.29. The third-order valence-electron chi connectivity index (χ3n) is 1.37. The number of benzene rings is 1. The molecule has 0 atom stereocenters. The third kappa shape index (κ3) is 0.639. The molecule has 0 aromatic carbocycles. The first-order valence-electron chi connectivity index (χ1n) is 2.93. The monoisotopic (exact) mass is 135 g/mol. The lowest BCUT2D eigenvalue weighted by molar-refractivity contribution is 0.434. The van der Waals surface area contributed by atoms with E-state index < -0.39 is 0 Å². The molecule has 1 N–H and O–H groups in total. The molecule has 50 valence electrons. The van der Waals surface area contributed by atoms with Gasteiger partial charge in [-0.25, -0.2) is 5.16 Å². The first-order chi connectivity index (χ1) is 4.86. The van der Waals surface area contributed by atoms with Crippen LogP contribution in [-0.2, 0) is 0 Å². The normalized spacial score (nSPS) is 10.4. The van der Waals surface area contributed by atoms with E-state index in [1.165, 1.54) is 12.1 Å². The van der Waals surface area contributed by atoms with E-state index in [2.05, 4.69) is 5.16 Å². The highest BCUT2D eigenvalue weighted by molar-refractivity contribution is 5.56. The standard InChI is InChI=1S/C7H5NO2/c9-6-2-1-5-4-8-10-7(5)3-6/h1-4,8H. The van der Waals surface area contributed by atoms with Crippen molar-refractivity contribution in [2.24, 2.45) is 0 Å². The molecule has 0 saturated carbocycles. The zero-order valence-electron chi connectivity index (χ0n) is 5.13. The van der Waals surface area contributed by atoms with Gasteiger partial charge in [0.25, 0.3) is 0 Å². The number of rotatable bonds is 0. The molecule has 1 aliphatic heterocycles. The van der Waals surface area contributed by atoms with Crippen molar-refractivity contribution in [3.05, 3.63) is 34.6 Å². The molecule has 0 spiro atoms. The number of H-pyrrole nitrogens is 1. The predicted molar refractivity (Wildman–Crippen MR) is 36.0 cm³/mol. The second-order valence-electron chi connectivity index (χ2n) is 2.06. The van der Waals surface area contributed by atoms with E-state index in [0.717, 1.165) is 5.56 Å². The number of aromatic nitrogens is 1. The predicted octanol–water partition coefficient (Wildman–Crippen LogP) is 1.07. The fourth-order valence-corrected chi connectivity index (χ4v) is 0.879. The van der Waals surface area contributed by atoms with Crippen LogP contribution in [0.15, 0.2) is 33.7 Å². The fourth-order valence-electron chi connectivity index (χ4n) is 0.879. The molecule has 0 saturated heterocycles. The molecule has 10 heavy (non-hydrogen) atoms. The number of hydrogen-bond donors (Lipinski definition) is 1. The summed E-state index contributed by atoms with van der Waals surface area (Å²) in [5.74, 6) is 0.604. The molecular formula is C7H5NO2. The number of aromatic amines is 1. The molecule has 3 nitrogen and oxygen atoms in total. The Kier molecular flexibility index (Phi) is 0.917. The highest BCUT2D eigenvalue weighted by Crippen LogP contribution is 2.16. The van der Waals surface area contributed by atoms with Gasteiger partial charge in [-0.15, -0.1) is 0 Å². The van der Waals surface area contributed by atoms with E-state index in [4.69, 9.17) is 4.52 Å². The Bertz CT molecular complexity index is 360. The SMILES string of the molecule is O=c1ccc2c[nH]oc-2c1. The van der Waals surface area contributed by atoms with Crippen molar-refractivity contribution in [3.63, 3.8) is 0 Å². The van der Waals surface area contributed by atoms with Crippen LogP contribution in [0.3, 0.4) is 0 Å². The van der Waals surface area contributed by atoms with Gasteiger partial charge in [0.05, 0.1) is 0 Å². The minimum absolute atomic E-state index is 0.0316. The van der Waals surface area contributed by atoms with Gasteiger partial charge in [-0.1, -0.05) is 0 Å². The molecule has 1 heterocycles. The molecule has 0 fully saturated rings. The van der Waals surface area contributed by atoms with Gasteiger partial charge in [-0.05, 0) is 12.1 Å². The van der Waals surface area contributed by atoms with Crippen molar-refractivity contribution in [2.75, 3.05) is 0 Å². The van der Waals surface area contributed by atoms with Crippen LogP contribution in [-0.4, -0.2) is 5.16 Å². The molecular weight excluding hydrogens is 130 g/mol. The zero-order chi connectivity index (χ0) is 6.97. The zero-order valence-corrected chi connectivity index (χ0v) is 5.13. The van der Waals surface area contributed by atoms with Gasteiger partial charge in [0.15, 0.2) is 11.2 Å². The summed E-state index contributed by atoms with van der Waals surface area (Å²) in [6.45, 7) is 0. The first-order valence-corrected chi connectivity index (χ1v) is 2.93. The molecule has 0 bridgehead atoms. The Hall–Kier alpha value is -1.51. The van der Waals surface area contributed by atoms with E-state index in [0.29, 0.717) is 5.76 Å². The largest absolute Gasteiger partial charge is 0.382 e. The van der Waals surface area contributed by atoms with Crippen LogP contribution >= 0.6 is 0 Å². The fraction of sp³-hybridized carbons (Fsp3) is 0. The van der Waals surface area contributed by atoms with Crippen molar-refractivity contribution in [1.82, 2.24) is 5.16 Å². The quantitative estimate of drug-likeness (QED) is 0.587. The maximum Gasteiger partial charge on any atom is 0.182 e. The minimum atomic E-state index is -0.0316. The topological polar surface area (TPSA) is 46.0 Å². The summed E-state index contributed by atoms with van der Waals surface area (Å²) in [6, 6.07) is 4.68.